The Kier molecular flexibility index (Phi) is 4.23. The van der Waals surface area contributed by atoms with Crippen molar-refractivity contribution in [2.45, 2.75) is 19.8 Å². The minimum Gasteiger partial charge on any atom is -0.393 e. The smallest absolute Gasteiger partial charge is 0.124 e. The van der Waals surface area contributed by atoms with Gasteiger partial charge < -0.3 is 10.7 Å². The van der Waals surface area contributed by atoms with Crippen LogP contribution in [0.1, 0.15) is 30.9 Å². The van der Waals surface area contributed by atoms with Crippen LogP contribution < -0.4 is 5.32 Å². The Hall–Kier alpha value is -1.64. The topological polar surface area (TPSA) is 35.9 Å². The van der Waals surface area contributed by atoms with Crippen LogP contribution in [-0.2, 0) is 0 Å². The average molecular weight is 220 g/mol. The van der Waals surface area contributed by atoms with Gasteiger partial charge in [-0.1, -0.05) is 19.9 Å². The summed E-state index contributed by atoms with van der Waals surface area (Å²) in [7, 11) is 1.76. The lowest BCUT2D eigenvalue weighted by Gasteiger charge is -2.09. The maximum atomic E-state index is 13.4. The molecule has 3 heteroatoms. The third kappa shape index (κ3) is 2.92. The summed E-state index contributed by atoms with van der Waals surface area (Å²) in [4.78, 5) is 0. The quantitative estimate of drug-likeness (QED) is 0.751. The van der Waals surface area contributed by atoms with Gasteiger partial charge in [-0.15, -0.1) is 0 Å². The highest BCUT2D eigenvalue weighted by Gasteiger charge is 2.06. The van der Waals surface area contributed by atoms with Crippen LogP contribution in [0.4, 0.5) is 4.39 Å². The van der Waals surface area contributed by atoms with Gasteiger partial charge in [0.2, 0.25) is 0 Å². The number of allylic oxidation sites excluding steroid dienone is 1. The third-order valence-corrected chi connectivity index (χ3v) is 2.38. The zero-order valence-corrected chi connectivity index (χ0v) is 9.84. The first-order chi connectivity index (χ1) is 7.58. The van der Waals surface area contributed by atoms with Crippen LogP contribution in [0.2, 0.25) is 0 Å². The summed E-state index contributed by atoms with van der Waals surface area (Å²) in [6, 6.07) is 4.90. The Morgan fingerprint density at radius 1 is 1.38 bits per heavy atom. The van der Waals surface area contributed by atoms with E-state index < -0.39 is 0 Å². The van der Waals surface area contributed by atoms with Gasteiger partial charge in [0.05, 0.1) is 0 Å². The molecule has 0 atom stereocenters. The maximum absolute atomic E-state index is 13.4. The Morgan fingerprint density at radius 3 is 2.56 bits per heavy atom. The monoisotopic (exact) mass is 220 g/mol. The van der Waals surface area contributed by atoms with Crippen molar-refractivity contribution in [2.75, 3.05) is 7.05 Å². The minimum absolute atomic E-state index is 0.259. The van der Waals surface area contributed by atoms with Gasteiger partial charge in [0.1, 0.15) is 5.82 Å². The number of hydrogen-bond acceptors (Lipinski definition) is 2. The predicted octanol–water partition coefficient (Wildman–Crippen LogP) is 3.16. The van der Waals surface area contributed by atoms with E-state index in [1.165, 1.54) is 18.3 Å². The molecule has 2 nitrogen and oxygen atoms in total. The molecule has 0 aliphatic rings. The predicted molar refractivity (Wildman–Crippen MR) is 66.3 cm³/mol. The first-order valence-corrected chi connectivity index (χ1v) is 5.27. The standard InChI is InChI=1S/C13H17FN2/c1-9(2)10-4-11(6-13(14)5-10)12(7-15)8-16-3/h4-9,15-16H,1-3H3/b12-8+,15-7?. The van der Waals surface area contributed by atoms with E-state index >= 15 is 0 Å². The SMILES string of the molecule is CN/C=C(\C=N)c1cc(F)cc(C(C)C)c1. The van der Waals surface area contributed by atoms with Crippen LogP contribution in [0.5, 0.6) is 0 Å². The molecule has 0 fully saturated rings. The van der Waals surface area contributed by atoms with E-state index in [0.717, 1.165) is 11.1 Å². The van der Waals surface area contributed by atoms with Gasteiger partial charge in [-0.25, -0.2) is 4.39 Å². The zero-order chi connectivity index (χ0) is 12.1. The number of benzene rings is 1. The zero-order valence-electron chi connectivity index (χ0n) is 9.84. The number of halogens is 1. The van der Waals surface area contributed by atoms with Crippen molar-refractivity contribution in [3.63, 3.8) is 0 Å². The Bertz CT molecular complexity index is 408. The van der Waals surface area contributed by atoms with E-state index in [4.69, 9.17) is 5.41 Å². The molecule has 0 bridgehead atoms. The third-order valence-electron chi connectivity index (χ3n) is 2.38. The lowest BCUT2D eigenvalue weighted by molar-refractivity contribution is 0.623. The minimum atomic E-state index is -0.259. The molecule has 0 aliphatic heterocycles. The van der Waals surface area contributed by atoms with Gasteiger partial charge in [-0.2, -0.15) is 0 Å². The molecule has 2 N–H and O–H groups in total. The molecule has 0 amide bonds. The highest BCUT2D eigenvalue weighted by molar-refractivity contribution is 6.08. The summed E-state index contributed by atoms with van der Waals surface area (Å²) in [6.07, 6.45) is 2.90. The van der Waals surface area contributed by atoms with Crippen LogP contribution in [0.15, 0.2) is 24.4 Å². The molecular formula is C13H17FN2. The molecule has 1 rings (SSSR count). The normalized spacial score (nSPS) is 11.7. The summed E-state index contributed by atoms with van der Waals surface area (Å²) >= 11 is 0. The van der Waals surface area contributed by atoms with Gasteiger partial charge in [-0.05, 0) is 29.2 Å². The van der Waals surface area contributed by atoms with E-state index in [1.54, 1.807) is 13.2 Å². The van der Waals surface area contributed by atoms with E-state index in [-0.39, 0.29) is 11.7 Å². The molecule has 0 aliphatic carbocycles. The average Bonchev–Trinajstić information content (AvgIpc) is 2.24. The molecular weight excluding hydrogens is 203 g/mol. The number of hydrogen-bond donors (Lipinski definition) is 2. The van der Waals surface area contributed by atoms with Gasteiger partial charge in [0.15, 0.2) is 0 Å². The fourth-order valence-electron chi connectivity index (χ4n) is 1.48. The Labute approximate surface area is 95.7 Å². The largest absolute Gasteiger partial charge is 0.393 e. The van der Waals surface area contributed by atoms with Crippen LogP contribution >= 0.6 is 0 Å². The van der Waals surface area contributed by atoms with Crippen LogP contribution in [0, 0.1) is 11.2 Å². The molecule has 1 aromatic carbocycles. The van der Waals surface area contributed by atoms with Crippen LogP contribution in [-0.4, -0.2) is 13.3 Å². The van der Waals surface area contributed by atoms with Crippen molar-refractivity contribution < 1.29 is 4.39 Å². The second-order valence-corrected chi connectivity index (χ2v) is 3.96. The van der Waals surface area contributed by atoms with Crippen molar-refractivity contribution in [3.8, 4) is 0 Å². The van der Waals surface area contributed by atoms with Gasteiger partial charge in [-0.3, -0.25) is 0 Å². The highest BCUT2D eigenvalue weighted by Crippen LogP contribution is 2.21. The second kappa shape index (κ2) is 5.45. The Morgan fingerprint density at radius 2 is 2.06 bits per heavy atom. The maximum Gasteiger partial charge on any atom is 0.124 e. The number of nitrogens with one attached hydrogen (secondary N) is 2. The van der Waals surface area contributed by atoms with E-state index in [2.05, 4.69) is 5.32 Å². The lowest BCUT2D eigenvalue weighted by atomic mass is 9.98. The van der Waals surface area contributed by atoms with E-state index in [0.29, 0.717) is 5.57 Å². The fraction of sp³-hybridized carbons (Fsp3) is 0.308. The second-order valence-electron chi connectivity index (χ2n) is 3.96. The lowest BCUT2D eigenvalue weighted by Crippen LogP contribution is -1.99. The molecule has 0 radical (unpaired) electrons. The van der Waals surface area contributed by atoms with Gasteiger partial charge in [0.25, 0.3) is 0 Å². The summed E-state index contributed by atoms with van der Waals surface area (Å²) < 4.78 is 13.4. The molecule has 16 heavy (non-hydrogen) atoms. The van der Waals surface area contributed by atoms with E-state index in [1.807, 2.05) is 19.9 Å². The first-order valence-electron chi connectivity index (χ1n) is 5.27. The van der Waals surface area contributed by atoms with Gasteiger partial charge in [0, 0.05) is 25.0 Å². The first kappa shape index (κ1) is 12.4. The van der Waals surface area contributed by atoms with Gasteiger partial charge >= 0.3 is 0 Å². The molecule has 0 saturated heterocycles. The van der Waals surface area contributed by atoms with Crippen LogP contribution in [0.25, 0.3) is 5.57 Å². The fourth-order valence-corrected chi connectivity index (χ4v) is 1.48. The van der Waals surface area contributed by atoms with Crippen LogP contribution in [0.3, 0.4) is 0 Å². The molecule has 1 aromatic rings. The van der Waals surface area contributed by atoms with E-state index in [9.17, 15) is 4.39 Å². The molecule has 0 spiro atoms. The Balaban J connectivity index is 3.23. The summed E-state index contributed by atoms with van der Waals surface area (Å²) in [5.41, 5.74) is 2.34. The van der Waals surface area contributed by atoms with Crippen molar-refractivity contribution >= 4 is 11.8 Å². The summed E-state index contributed by atoms with van der Waals surface area (Å²) in [6.45, 7) is 4.04. The van der Waals surface area contributed by atoms with Crippen molar-refractivity contribution in [1.82, 2.24) is 5.32 Å². The summed E-state index contributed by atoms with van der Waals surface area (Å²) in [5.74, 6) is 0.0149. The highest BCUT2D eigenvalue weighted by atomic mass is 19.1. The van der Waals surface area contributed by atoms with Crippen molar-refractivity contribution in [3.05, 3.63) is 41.3 Å². The molecule has 0 unspecified atom stereocenters. The van der Waals surface area contributed by atoms with Crippen molar-refractivity contribution in [2.24, 2.45) is 0 Å². The molecule has 0 heterocycles. The molecule has 0 aromatic heterocycles. The summed E-state index contributed by atoms with van der Waals surface area (Å²) in [5, 5.41) is 10.1. The molecule has 86 valence electrons. The molecule has 0 saturated carbocycles. The number of rotatable bonds is 4. The van der Waals surface area contributed by atoms with Crippen molar-refractivity contribution in [1.29, 1.82) is 5.41 Å².